The van der Waals surface area contributed by atoms with E-state index in [1.165, 1.54) is 23.5 Å². The van der Waals surface area contributed by atoms with Crippen LogP contribution in [-0.2, 0) is 26.2 Å². The van der Waals surface area contributed by atoms with Gasteiger partial charge in [-0.05, 0) is 81.5 Å². The van der Waals surface area contributed by atoms with Crippen molar-refractivity contribution >= 4 is 27.5 Å². The maximum absolute atomic E-state index is 14.1. The molecule has 3 aromatic rings. The first-order chi connectivity index (χ1) is 19.6. The number of carbonyl (C=O) groups excluding carboxylic acids is 2. The summed E-state index contributed by atoms with van der Waals surface area (Å²) in [5.41, 5.74) is 4.29. The average Bonchev–Trinajstić information content (AvgIpc) is 2.97. The summed E-state index contributed by atoms with van der Waals surface area (Å²) in [6.45, 7) is 7.32. The number of hydrogen-bond acceptors (Lipinski definition) is 4. The normalized spacial score (nSPS) is 14.7. The van der Waals surface area contributed by atoms with Gasteiger partial charge >= 0.3 is 0 Å². The Kier molecular flexibility index (Phi) is 9.86. The number of nitrogens with zero attached hydrogens (tertiary/aromatic N) is 2. The van der Waals surface area contributed by atoms with Gasteiger partial charge in [0, 0.05) is 12.6 Å². The SMILES string of the molecule is Cc1ccc(CN(C(=O)CN(c2ccc(C)c(C)c2)S(=O)(=O)c2ccccc2)[C@@H](C)C(=O)NC2CCCCC2)cc1. The quantitative estimate of drug-likeness (QED) is 0.337. The summed E-state index contributed by atoms with van der Waals surface area (Å²) in [7, 11) is -4.07. The van der Waals surface area contributed by atoms with Crippen LogP contribution < -0.4 is 9.62 Å². The fourth-order valence-corrected chi connectivity index (χ4v) is 6.60. The number of amides is 2. The van der Waals surface area contributed by atoms with Gasteiger partial charge < -0.3 is 10.2 Å². The molecule has 1 atom stereocenters. The maximum Gasteiger partial charge on any atom is 0.264 e. The van der Waals surface area contributed by atoms with E-state index < -0.39 is 28.5 Å². The molecular formula is C33H41N3O4S. The largest absolute Gasteiger partial charge is 0.352 e. The second kappa shape index (κ2) is 13.3. The van der Waals surface area contributed by atoms with Crippen molar-refractivity contribution in [2.24, 2.45) is 0 Å². The predicted octanol–water partition coefficient (Wildman–Crippen LogP) is 5.67. The molecule has 1 fully saturated rings. The summed E-state index contributed by atoms with van der Waals surface area (Å²) >= 11 is 0. The molecule has 1 aliphatic carbocycles. The van der Waals surface area contributed by atoms with E-state index in [2.05, 4.69) is 5.32 Å². The molecule has 1 aliphatic rings. The lowest BCUT2D eigenvalue weighted by Gasteiger charge is -2.33. The second-order valence-corrected chi connectivity index (χ2v) is 13.0. The van der Waals surface area contributed by atoms with Crippen molar-refractivity contribution in [2.75, 3.05) is 10.8 Å². The average molecular weight is 576 g/mol. The van der Waals surface area contributed by atoms with Gasteiger partial charge in [-0.3, -0.25) is 13.9 Å². The van der Waals surface area contributed by atoms with Gasteiger partial charge in [0.15, 0.2) is 0 Å². The molecule has 0 aromatic heterocycles. The summed E-state index contributed by atoms with van der Waals surface area (Å²) in [6, 6.07) is 20.6. The smallest absolute Gasteiger partial charge is 0.264 e. The zero-order valence-corrected chi connectivity index (χ0v) is 25.3. The van der Waals surface area contributed by atoms with Gasteiger partial charge in [0.2, 0.25) is 11.8 Å². The van der Waals surface area contributed by atoms with Crippen molar-refractivity contribution in [3.63, 3.8) is 0 Å². The molecular weight excluding hydrogens is 534 g/mol. The number of hydrogen-bond donors (Lipinski definition) is 1. The van der Waals surface area contributed by atoms with Crippen LogP contribution >= 0.6 is 0 Å². The Bertz CT molecular complexity index is 1450. The highest BCUT2D eigenvalue weighted by atomic mass is 32.2. The maximum atomic E-state index is 14.1. The lowest BCUT2D eigenvalue weighted by Crippen LogP contribution is -2.53. The molecule has 8 heteroatoms. The van der Waals surface area contributed by atoms with E-state index in [9.17, 15) is 18.0 Å². The highest BCUT2D eigenvalue weighted by molar-refractivity contribution is 7.92. The molecule has 0 unspecified atom stereocenters. The lowest BCUT2D eigenvalue weighted by molar-refractivity contribution is -0.139. The molecule has 0 saturated heterocycles. The van der Waals surface area contributed by atoms with Gasteiger partial charge in [-0.25, -0.2) is 8.42 Å². The van der Waals surface area contributed by atoms with Gasteiger partial charge in [-0.15, -0.1) is 0 Å². The minimum atomic E-state index is -4.07. The Balaban J connectivity index is 1.68. The minimum absolute atomic E-state index is 0.0965. The van der Waals surface area contributed by atoms with Gasteiger partial charge in [0.25, 0.3) is 10.0 Å². The predicted molar refractivity (Wildman–Crippen MR) is 163 cm³/mol. The Labute approximate surface area is 244 Å². The lowest BCUT2D eigenvalue weighted by atomic mass is 9.95. The zero-order valence-electron chi connectivity index (χ0n) is 24.5. The van der Waals surface area contributed by atoms with E-state index in [1.54, 1.807) is 37.3 Å². The number of sulfonamides is 1. The van der Waals surface area contributed by atoms with E-state index in [4.69, 9.17) is 0 Å². The molecule has 2 amide bonds. The van der Waals surface area contributed by atoms with Crippen molar-refractivity contribution in [1.82, 2.24) is 10.2 Å². The summed E-state index contributed by atoms with van der Waals surface area (Å²) < 4.78 is 29.0. The molecule has 41 heavy (non-hydrogen) atoms. The van der Waals surface area contributed by atoms with Crippen LogP contribution in [0.4, 0.5) is 5.69 Å². The fourth-order valence-electron chi connectivity index (χ4n) is 5.17. The number of nitrogens with one attached hydrogen (secondary N) is 1. The van der Waals surface area contributed by atoms with Crippen LogP contribution in [0.2, 0.25) is 0 Å². The summed E-state index contributed by atoms with van der Waals surface area (Å²) in [5.74, 6) is -0.671. The Morgan fingerprint density at radius 3 is 2.17 bits per heavy atom. The van der Waals surface area contributed by atoms with Crippen LogP contribution in [0.5, 0.6) is 0 Å². The van der Waals surface area contributed by atoms with Crippen LogP contribution in [0.15, 0.2) is 77.7 Å². The molecule has 7 nitrogen and oxygen atoms in total. The summed E-state index contributed by atoms with van der Waals surface area (Å²) in [5, 5.41) is 3.14. The van der Waals surface area contributed by atoms with E-state index in [1.807, 2.05) is 51.1 Å². The van der Waals surface area contributed by atoms with E-state index in [0.29, 0.717) is 5.69 Å². The van der Waals surface area contributed by atoms with Gasteiger partial charge in [0.1, 0.15) is 12.6 Å². The Hall–Kier alpha value is -3.65. The monoisotopic (exact) mass is 575 g/mol. The van der Waals surface area contributed by atoms with Crippen LogP contribution in [0.25, 0.3) is 0 Å². The molecule has 218 valence electrons. The van der Waals surface area contributed by atoms with Crippen molar-refractivity contribution in [1.29, 1.82) is 0 Å². The molecule has 0 aliphatic heterocycles. The van der Waals surface area contributed by atoms with Crippen molar-refractivity contribution in [3.05, 3.63) is 95.1 Å². The molecule has 4 rings (SSSR count). The van der Waals surface area contributed by atoms with Crippen LogP contribution in [0.3, 0.4) is 0 Å². The van der Waals surface area contributed by atoms with E-state index in [-0.39, 0.29) is 23.4 Å². The Morgan fingerprint density at radius 2 is 1.54 bits per heavy atom. The fraction of sp³-hybridized carbons (Fsp3) is 0.394. The summed E-state index contributed by atoms with van der Waals surface area (Å²) in [6.07, 6.45) is 5.19. The third kappa shape index (κ3) is 7.55. The molecule has 0 heterocycles. The first-order valence-electron chi connectivity index (χ1n) is 14.4. The highest BCUT2D eigenvalue weighted by Gasteiger charge is 2.33. The van der Waals surface area contributed by atoms with E-state index in [0.717, 1.165) is 52.2 Å². The van der Waals surface area contributed by atoms with Crippen LogP contribution in [-0.4, -0.2) is 43.8 Å². The van der Waals surface area contributed by atoms with E-state index >= 15 is 0 Å². The molecule has 3 aromatic carbocycles. The van der Waals surface area contributed by atoms with Crippen molar-refractivity contribution < 1.29 is 18.0 Å². The number of aryl methyl sites for hydroxylation is 3. The van der Waals surface area contributed by atoms with Crippen molar-refractivity contribution in [3.8, 4) is 0 Å². The molecule has 1 saturated carbocycles. The molecule has 0 spiro atoms. The minimum Gasteiger partial charge on any atom is -0.352 e. The van der Waals surface area contributed by atoms with Crippen molar-refractivity contribution in [2.45, 2.75) is 83.3 Å². The van der Waals surface area contributed by atoms with Gasteiger partial charge in [0.05, 0.1) is 10.6 Å². The summed E-state index contributed by atoms with van der Waals surface area (Å²) in [4.78, 5) is 29.1. The van der Waals surface area contributed by atoms with Gasteiger partial charge in [-0.1, -0.05) is 73.4 Å². The molecule has 0 bridgehead atoms. The molecule has 1 N–H and O–H groups in total. The third-order valence-electron chi connectivity index (χ3n) is 7.98. The first kappa shape index (κ1) is 30.3. The number of anilines is 1. The van der Waals surface area contributed by atoms with Gasteiger partial charge in [-0.2, -0.15) is 0 Å². The zero-order chi connectivity index (χ0) is 29.6. The highest BCUT2D eigenvalue weighted by Crippen LogP contribution is 2.27. The number of rotatable bonds is 10. The van der Waals surface area contributed by atoms with Crippen LogP contribution in [0, 0.1) is 20.8 Å². The number of carbonyl (C=O) groups is 2. The third-order valence-corrected chi connectivity index (χ3v) is 9.77. The second-order valence-electron chi connectivity index (χ2n) is 11.1. The molecule has 0 radical (unpaired) electrons. The number of benzene rings is 3. The topological polar surface area (TPSA) is 86.8 Å². The Morgan fingerprint density at radius 1 is 0.878 bits per heavy atom. The van der Waals surface area contributed by atoms with Crippen LogP contribution in [0.1, 0.15) is 61.3 Å². The first-order valence-corrected chi connectivity index (χ1v) is 15.8. The standard InChI is InChI=1S/C33H41N3O4S/c1-24-15-18-28(19-16-24)22-35(27(4)33(38)34-29-11-7-5-8-12-29)32(37)23-36(30-20-17-25(2)26(3)21-30)41(39,40)31-13-9-6-10-14-31/h6,9-10,13-21,27,29H,5,7-8,11-12,22-23H2,1-4H3,(H,34,38)/t27-/m0/s1.